The summed E-state index contributed by atoms with van der Waals surface area (Å²) in [4.78, 5) is 38.7. The number of nitrogens with zero attached hydrogens (tertiary/aromatic N) is 1. The molecule has 2 aromatic rings. The number of benzene rings is 1. The van der Waals surface area contributed by atoms with Crippen LogP contribution < -0.4 is 10.6 Å². The molecule has 0 aliphatic carbocycles. The van der Waals surface area contributed by atoms with Crippen molar-refractivity contribution < 1.29 is 19.1 Å². The van der Waals surface area contributed by atoms with Gasteiger partial charge in [0.15, 0.2) is 4.34 Å². The zero-order valence-corrected chi connectivity index (χ0v) is 16.0. The molecule has 0 atom stereocenters. The zero-order valence-electron chi connectivity index (χ0n) is 14.4. The maximum atomic E-state index is 12.0. The number of carbonyl (C=O) groups excluding carboxylic acids is 3. The molecular weight excluding hydrogens is 374 g/mol. The maximum Gasteiger partial charge on any atom is 0.311 e. The van der Waals surface area contributed by atoms with Gasteiger partial charge in [-0.2, -0.15) is 0 Å². The van der Waals surface area contributed by atoms with Gasteiger partial charge in [0.05, 0.1) is 24.5 Å². The van der Waals surface area contributed by atoms with Gasteiger partial charge in [-0.1, -0.05) is 11.8 Å². The summed E-state index contributed by atoms with van der Waals surface area (Å²) in [7, 11) is 0. The first-order valence-electron chi connectivity index (χ1n) is 7.86. The van der Waals surface area contributed by atoms with Crippen LogP contribution in [0.3, 0.4) is 0 Å². The smallest absolute Gasteiger partial charge is 0.311 e. The molecule has 0 aliphatic rings. The zero-order chi connectivity index (χ0) is 18.9. The first-order valence-corrected chi connectivity index (χ1v) is 9.73. The molecule has 2 amide bonds. The van der Waals surface area contributed by atoms with Gasteiger partial charge in [0.25, 0.3) is 0 Å². The van der Waals surface area contributed by atoms with Crippen molar-refractivity contribution in [2.75, 3.05) is 23.0 Å². The van der Waals surface area contributed by atoms with Crippen LogP contribution in [0, 0.1) is 0 Å². The van der Waals surface area contributed by atoms with E-state index in [-0.39, 0.29) is 30.0 Å². The lowest BCUT2D eigenvalue weighted by atomic mass is 10.3. The SMILES string of the molecule is CCOC(=O)Cc1csc(SCC(=O)Nc2ccc(NC(C)=O)cc2)n1. The standard InChI is InChI=1S/C17H19N3O4S2/c1-3-24-16(23)8-14-9-25-17(20-14)26-10-15(22)19-13-6-4-12(5-7-13)18-11(2)21/h4-7,9H,3,8,10H2,1-2H3,(H,18,21)(H,19,22). The third kappa shape index (κ3) is 6.85. The number of hydrogen-bond donors (Lipinski definition) is 2. The van der Waals surface area contributed by atoms with Gasteiger partial charge in [-0.3, -0.25) is 14.4 Å². The number of rotatable bonds is 8. The van der Waals surface area contributed by atoms with Crippen LogP contribution >= 0.6 is 23.1 Å². The van der Waals surface area contributed by atoms with Crippen LogP contribution in [0.5, 0.6) is 0 Å². The summed E-state index contributed by atoms with van der Waals surface area (Å²) in [5.74, 6) is -0.414. The number of nitrogens with one attached hydrogen (secondary N) is 2. The van der Waals surface area contributed by atoms with Crippen LogP contribution in [0.4, 0.5) is 11.4 Å². The lowest BCUT2D eigenvalue weighted by Crippen LogP contribution is -2.14. The van der Waals surface area contributed by atoms with Gasteiger partial charge in [-0.05, 0) is 31.2 Å². The monoisotopic (exact) mass is 393 g/mol. The summed E-state index contributed by atoms with van der Waals surface area (Å²) < 4.78 is 5.60. The quantitative estimate of drug-likeness (QED) is 0.529. The van der Waals surface area contributed by atoms with E-state index in [2.05, 4.69) is 15.6 Å². The van der Waals surface area contributed by atoms with E-state index >= 15 is 0 Å². The summed E-state index contributed by atoms with van der Waals surface area (Å²) in [5.41, 5.74) is 1.96. The van der Waals surface area contributed by atoms with Crippen molar-refractivity contribution >= 4 is 52.3 Å². The number of carbonyl (C=O) groups is 3. The molecule has 1 heterocycles. The van der Waals surface area contributed by atoms with Crippen molar-refractivity contribution in [2.45, 2.75) is 24.6 Å². The highest BCUT2D eigenvalue weighted by Crippen LogP contribution is 2.23. The Morgan fingerprint density at radius 2 is 1.81 bits per heavy atom. The summed E-state index contributed by atoms with van der Waals surface area (Å²) in [6, 6.07) is 6.86. The third-order valence-corrected chi connectivity index (χ3v) is 5.05. The van der Waals surface area contributed by atoms with E-state index in [1.165, 1.54) is 30.0 Å². The fourth-order valence-electron chi connectivity index (χ4n) is 1.96. The van der Waals surface area contributed by atoms with Gasteiger partial charge in [-0.15, -0.1) is 11.3 Å². The first-order chi connectivity index (χ1) is 12.5. The molecule has 0 unspecified atom stereocenters. The third-order valence-electron chi connectivity index (χ3n) is 2.98. The molecule has 0 saturated carbocycles. The summed E-state index contributed by atoms with van der Waals surface area (Å²) in [6.07, 6.45) is 0.137. The fraction of sp³-hybridized carbons (Fsp3) is 0.294. The van der Waals surface area contributed by atoms with E-state index in [1.807, 2.05) is 0 Å². The number of anilines is 2. The van der Waals surface area contributed by atoms with E-state index in [0.29, 0.717) is 23.7 Å². The minimum atomic E-state index is -0.310. The molecule has 0 bridgehead atoms. The van der Waals surface area contributed by atoms with Crippen LogP contribution in [0.15, 0.2) is 34.0 Å². The molecule has 0 fully saturated rings. The van der Waals surface area contributed by atoms with Gasteiger partial charge >= 0.3 is 5.97 Å². The molecule has 0 spiro atoms. The van der Waals surface area contributed by atoms with Gasteiger partial charge < -0.3 is 15.4 Å². The molecule has 1 aromatic heterocycles. The molecule has 138 valence electrons. The Bertz CT molecular complexity index is 775. The second kappa shape index (κ2) is 9.93. The number of esters is 1. The van der Waals surface area contributed by atoms with E-state index < -0.39 is 0 Å². The maximum absolute atomic E-state index is 12.0. The van der Waals surface area contributed by atoms with Crippen LogP contribution in [-0.4, -0.2) is 35.1 Å². The molecule has 2 N–H and O–H groups in total. The van der Waals surface area contributed by atoms with Crippen molar-refractivity contribution in [1.82, 2.24) is 4.98 Å². The number of hydrogen-bond acceptors (Lipinski definition) is 7. The van der Waals surface area contributed by atoms with E-state index in [9.17, 15) is 14.4 Å². The highest BCUT2D eigenvalue weighted by atomic mass is 32.2. The Morgan fingerprint density at radius 3 is 2.42 bits per heavy atom. The van der Waals surface area contributed by atoms with E-state index in [1.54, 1.807) is 36.6 Å². The Labute approximate surface area is 159 Å². The Balaban J connectivity index is 1.79. The molecule has 26 heavy (non-hydrogen) atoms. The van der Waals surface area contributed by atoms with Gasteiger partial charge in [0.1, 0.15) is 0 Å². The summed E-state index contributed by atoms with van der Waals surface area (Å²) >= 11 is 2.70. The second-order valence-electron chi connectivity index (χ2n) is 5.18. The summed E-state index contributed by atoms with van der Waals surface area (Å²) in [6.45, 7) is 3.53. The Morgan fingerprint density at radius 1 is 1.15 bits per heavy atom. The lowest BCUT2D eigenvalue weighted by molar-refractivity contribution is -0.142. The highest BCUT2D eigenvalue weighted by molar-refractivity contribution is 8.01. The predicted molar refractivity (Wildman–Crippen MR) is 103 cm³/mol. The average molecular weight is 393 g/mol. The largest absolute Gasteiger partial charge is 0.466 e. The van der Waals surface area contributed by atoms with Crippen molar-refractivity contribution in [3.8, 4) is 0 Å². The average Bonchev–Trinajstić information content (AvgIpc) is 3.02. The molecular formula is C17H19N3O4S2. The Hall–Kier alpha value is -2.39. The molecule has 0 radical (unpaired) electrons. The number of amides is 2. The topological polar surface area (TPSA) is 97.4 Å². The van der Waals surface area contributed by atoms with Crippen LogP contribution in [0.1, 0.15) is 19.5 Å². The molecule has 0 aliphatic heterocycles. The van der Waals surface area contributed by atoms with Gasteiger partial charge in [-0.25, -0.2) is 4.98 Å². The molecule has 9 heteroatoms. The van der Waals surface area contributed by atoms with Crippen LogP contribution in [0.25, 0.3) is 0 Å². The Kier molecular flexibility index (Phi) is 7.61. The van der Waals surface area contributed by atoms with Crippen molar-refractivity contribution in [3.05, 3.63) is 35.3 Å². The second-order valence-corrected chi connectivity index (χ2v) is 7.26. The lowest BCUT2D eigenvalue weighted by Gasteiger charge is -2.06. The molecule has 2 rings (SSSR count). The predicted octanol–water partition coefficient (Wildman–Crippen LogP) is 2.94. The minimum absolute atomic E-state index is 0.137. The number of aromatic nitrogens is 1. The van der Waals surface area contributed by atoms with Crippen molar-refractivity contribution in [1.29, 1.82) is 0 Å². The van der Waals surface area contributed by atoms with E-state index in [4.69, 9.17) is 4.74 Å². The highest BCUT2D eigenvalue weighted by Gasteiger charge is 2.10. The van der Waals surface area contributed by atoms with E-state index in [0.717, 1.165) is 4.34 Å². The van der Waals surface area contributed by atoms with Crippen LogP contribution in [0.2, 0.25) is 0 Å². The normalized spacial score (nSPS) is 10.2. The number of ether oxygens (including phenoxy) is 1. The number of thioether (sulfide) groups is 1. The van der Waals surface area contributed by atoms with Crippen LogP contribution in [-0.2, 0) is 25.5 Å². The molecule has 0 saturated heterocycles. The first kappa shape index (κ1) is 19.9. The van der Waals surface area contributed by atoms with Gasteiger partial charge in [0, 0.05) is 23.7 Å². The van der Waals surface area contributed by atoms with Crippen molar-refractivity contribution in [3.63, 3.8) is 0 Å². The van der Waals surface area contributed by atoms with Gasteiger partial charge in [0.2, 0.25) is 11.8 Å². The molecule has 7 nitrogen and oxygen atoms in total. The van der Waals surface area contributed by atoms with Crippen molar-refractivity contribution in [2.24, 2.45) is 0 Å². The fourth-order valence-corrected chi connectivity index (χ4v) is 3.60. The number of thiazole rings is 1. The minimum Gasteiger partial charge on any atom is -0.466 e. The summed E-state index contributed by atoms with van der Waals surface area (Å²) in [5, 5.41) is 7.23. The molecule has 1 aromatic carbocycles.